The van der Waals surface area contributed by atoms with Gasteiger partial charge >= 0.3 is 10.1 Å². The fourth-order valence-electron chi connectivity index (χ4n) is 6.53. The maximum atomic E-state index is 12.8. The average molecular weight is 546 g/mol. The topological polar surface area (TPSA) is 76.0 Å². The predicted octanol–water partition coefficient (Wildman–Crippen LogP) is 8.13. The van der Waals surface area contributed by atoms with Gasteiger partial charge in [0.25, 0.3) is 0 Å². The number of phenols is 1. The normalized spacial score (nSPS) is 22.1. The molecule has 5 atom stereocenters. The molecule has 2 saturated carbocycles. The zero-order valence-corrected chi connectivity index (χ0v) is 23.7. The van der Waals surface area contributed by atoms with E-state index in [9.17, 15) is 13.5 Å². The monoisotopic (exact) mass is 545 g/mol. The van der Waals surface area contributed by atoms with E-state index >= 15 is 0 Å². The highest BCUT2D eigenvalue weighted by atomic mass is 32.2. The van der Waals surface area contributed by atoms with Crippen LogP contribution in [0.2, 0.25) is 0 Å². The molecule has 0 spiro atoms. The number of phenolic OH excluding ortho intramolecular Hbond substituents is 1. The van der Waals surface area contributed by atoms with Crippen LogP contribution < -0.4 is 0 Å². The third-order valence-corrected chi connectivity index (χ3v) is 9.96. The van der Waals surface area contributed by atoms with Crippen LogP contribution in [-0.4, -0.2) is 19.2 Å². The van der Waals surface area contributed by atoms with Gasteiger partial charge in [0.1, 0.15) is 10.6 Å². The van der Waals surface area contributed by atoms with Gasteiger partial charge in [-0.15, -0.1) is 0 Å². The van der Waals surface area contributed by atoms with E-state index in [-0.39, 0.29) is 22.5 Å². The number of aromatic hydroxyl groups is 1. The molecule has 2 fully saturated rings. The van der Waals surface area contributed by atoms with Gasteiger partial charge in [-0.05, 0) is 110 Å². The number of oxime groups is 1. The molecule has 39 heavy (non-hydrogen) atoms. The zero-order chi connectivity index (χ0) is 27.4. The van der Waals surface area contributed by atoms with E-state index < -0.39 is 10.1 Å². The second-order valence-electron chi connectivity index (χ2n) is 11.4. The van der Waals surface area contributed by atoms with Crippen molar-refractivity contribution in [2.75, 3.05) is 0 Å². The Morgan fingerprint density at radius 1 is 0.872 bits per heavy atom. The summed E-state index contributed by atoms with van der Waals surface area (Å²) in [5.41, 5.74) is 4.55. The number of nitrogens with zero attached hydrogens (tertiary/aromatic N) is 1. The lowest BCUT2D eigenvalue weighted by molar-refractivity contribution is 0.334. The summed E-state index contributed by atoms with van der Waals surface area (Å²) < 4.78 is 30.7. The molecule has 0 aromatic heterocycles. The van der Waals surface area contributed by atoms with Crippen molar-refractivity contribution in [3.05, 3.63) is 95.6 Å². The maximum Gasteiger partial charge on any atom is 0.358 e. The van der Waals surface area contributed by atoms with E-state index in [1.807, 2.05) is 24.3 Å². The van der Waals surface area contributed by atoms with E-state index in [1.54, 1.807) is 24.3 Å². The maximum absolute atomic E-state index is 12.8. The van der Waals surface area contributed by atoms with E-state index in [1.165, 1.54) is 17.5 Å². The first-order valence-electron chi connectivity index (χ1n) is 14.3. The minimum absolute atomic E-state index is 0.135. The summed E-state index contributed by atoms with van der Waals surface area (Å²) in [4.78, 5) is 0.135. The van der Waals surface area contributed by atoms with Gasteiger partial charge in [0.15, 0.2) is 0 Å². The highest BCUT2D eigenvalue weighted by molar-refractivity contribution is 7.86. The van der Waals surface area contributed by atoms with Crippen molar-refractivity contribution in [2.24, 2.45) is 17.0 Å². The number of hydrogen-bond donors (Lipinski definition) is 1. The summed E-state index contributed by atoms with van der Waals surface area (Å²) in [5, 5.41) is 13.9. The Morgan fingerprint density at radius 2 is 1.54 bits per heavy atom. The first-order valence-corrected chi connectivity index (χ1v) is 15.7. The number of rotatable bonds is 11. The van der Waals surface area contributed by atoms with E-state index in [2.05, 4.69) is 49.3 Å². The molecule has 2 aliphatic carbocycles. The molecule has 2 bridgehead atoms. The third-order valence-electron chi connectivity index (χ3n) is 8.84. The molecule has 5 unspecified atom stereocenters. The van der Waals surface area contributed by atoms with Crippen molar-refractivity contribution in [3.63, 3.8) is 0 Å². The lowest BCUT2D eigenvalue weighted by Gasteiger charge is -2.26. The van der Waals surface area contributed by atoms with Crippen molar-refractivity contribution in [1.29, 1.82) is 0 Å². The van der Waals surface area contributed by atoms with Crippen molar-refractivity contribution in [2.45, 2.75) is 81.4 Å². The van der Waals surface area contributed by atoms with Gasteiger partial charge in [-0.3, -0.25) is 4.28 Å². The Morgan fingerprint density at radius 3 is 2.15 bits per heavy atom. The Hall–Kier alpha value is -3.12. The quantitative estimate of drug-likeness (QED) is 0.247. The fraction of sp³-hybridized carbons (Fsp3) is 0.424. The molecular formula is C33H39NO4S. The second kappa shape index (κ2) is 12.0. The Bertz CT molecular complexity index is 1370. The number of fused-ring (bicyclic) bond motifs is 2. The van der Waals surface area contributed by atoms with Gasteiger partial charge in [0, 0.05) is 5.92 Å². The summed E-state index contributed by atoms with van der Waals surface area (Å²) >= 11 is 0. The molecular weight excluding hydrogens is 506 g/mol. The van der Waals surface area contributed by atoms with Gasteiger partial charge in [-0.25, -0.2) is 0 Å². The summed E-state index contributed by atoms with van der Waals surface area (Å²) in [6, 6.07) is 25.3. The van der Waals surface area contributed by atoms with Crippen molar-refractivity contribution < 1.29 is 17.8 Å². The largest absolute Gasteiger partial charge is 0.508 e. The average Bonchev–Trinajstić information content (AvgIpc) is 3.59. The van der Waals surface area contributed by atoms with Crippen LogP contribution in [0.25, 0.3) is 0 Å². The Balaban J connectivity index is 1.29. The van der Waals surface area contributed by atoms with Gasteiger partial charge in [0.2, 0.25) is 0 Å². The van der Waals surface area contributed by atoms with E-state index in [0.717, 1.165) is 49.8 Å². The first-order chi connectivity index (χ1) is 18.8. The molecule has 206 valence electrons. The van der Waals surface area contributed by atoms with E-state index in [0.29, 0.717) is 17.8 Å². The van der Waals surface area contributed by atoms with Crippen LogP contribution in [0.15, 0.2) is 88.9 Å². The molecule has 3 aromatic carbocycles. The molecule has 0 aliphatic heterocycles. The highest BCUT2D eigenvalue weighted by Crippen LogP contribution is 2.43. The van der Waals surface area contributed by atoms with Gasteiger partial charge in [0.05, 0.1) is 5.71 Å². The Kier molecular flexibility index (Phi) is 8.41. The molecule has 3 aromatic rings. The van der Waals surface area contributed by atoms with Crippen LogP contribution in [0.3, 0.4) is 0 Å². The summed E-state index contributed by atoms with van der Waals surface area (Å²) in [6.07, 6.45) is 7.24. The predicted molar refractivity (Wildman–Crippen MR) is 156 cm³/mol. The van der Waals surface area contributed by atoms with Crippen LogP contribution in [0.4, 0.5) is 0 Å². The molecule has 1 N–H and O–H groups in total. The smallest absolute Gasteiger partial charge is 0.358 e. The second-order valence-corrected chi connectivity index (χ2v) is 13.0. The van der Waals surface area contributed by atoms with Crippen molar-refractivity contribution >= 4 is 15.8 Å². The summed E-state index contributed by atoms with van der Waals surface area (Å²) in [7, 11) is -3.94. The van der Waals surface area contributed by atoms with Crippen LogP contribution >= 0.6 is 0 Å². The zero-order valence-electron chi connectivity index (χ0n) is 22.9. The molecule has 5 rings (SSSR count). The molecule has 0 radical (unpaired) electrons. The van der Waals surface area contributed by atoms with Crippen molar-refractivity contribution in [1.82, 2.24) is 0 Å². The minimum atomic E-state index is -3.94. The minimum Gasteiger partial charge on any atom is -0.508 e. The Labute approximate surface area is 233 Å². The summed E-state index contributed by atoms with van der Waals surface area (Å²) in [5.74, 6) is 2.23. The van der Waals surface area contributed by atoms with Crippen LogP contribution in [-0.2, 0) is 14.4 Å². The van der Waals surface area contributed by atoms with E-state index in [4.69, 9.17) is 4.28 Å². The number of hydrogen-bond acceptors (Lipinski definition) is 5. The van der Waals surface area contributed by atoms with Gasteiger partial charge < -0.3 is 5.11 Å². The molecule has 0 saturated heterocycles. The molecule has 0 amide bonds. The molecule has 6 heteroatoms. The lowest BCUT2D eigenvalue weighted by Crippen LogP contribution is -2.12. The molecule has 2 aliphatic rings. The van der Waals surface area contributed by atoms with Crippen LogP contribution in [0, 0.1) is 11.8 Å². The summed E-state index contributed by atoms with van der Waals surface area (Å²) in [6.45, 7) is 4.43. The van der Waals surface area contributed by atoms with Gasteiger partial charge in [-0.2, -0.15) is 8.42 Å². The highest BCUT2D eigenvalue weighted by Gasteiger charge is 2.37. The van der Waals surface area contributed by atoms with Crippen molar-refractivity contribution in [3.8, 4) is 5.75 Å². The molecule has 0 heterocycles. The lowest BCUT2D eigenvalue weighted by atomic mass is 9.78. The van der Waals surface area contributed by atoms with Gasteiger partial charge in [-0.1, -0.05) is 73.6 Å². The van der Waals surface area contributed by atoms with Crippen LogP contribution in [0.1, 0.15) is 93.2 Å². The molecule has 5 nitrogen and oxygen atoms in total. The standard InChI is InChI=1S/C33H39NO4S/c1-3-25(27-7-5-4-6-8-27)22-30(28-11-15-31(35)16-12-28)19-23(2)26-13-17-32(18-14-26)39(36,37)38-34-33-21-24-9-10-29(33)20-24/h4-8,11-18,23-25,29-30,35H,3,9-10,19-22H2,1-2H3. The SMILES string of the molecule is CCC(CC(CC(C)c1ccc(S(=O)(=O)ON=C2CC3CCC2C3)cc1)c1ccc(O)cc1)c1ccccc1. The number of benzene rings is 3. The first kappa shape index (κ1) is 27.4. The van der Waals surface area contributed by atoms with Crippen LogP contribution in [0.5, 0.6) is 5.75 Å². The third kappa shape index (κ3) is 6.55. The fourth-order valence-corrected chi connectivity index (χ4v) is 7.27.